The molecule has 3 atom stereocenters. The van der Waals surface area contributed by atoms with Crippen LogP contribution in [0.2, 0.25) is 0 Å². The van der Waals surface area contributed by atoms with Crippen molar-refractivity contribution in [1.82, 2.24) is 0 Å². The topological polar surface area (TPSA) is 97.7 Å². The van der Waals surface area contributed by atoms with Crippen molar-refractivity contribution in [3.8, 4) is 0 Å². The van der Waals surface area contributed by atoms with Crippen LogP contribution in [0.1, 0.15) is 58.8 Å². The van der Waals surface area contributed by atoms with Gasteiger partial charge >= 0.3 is 24.8 Å². The number of carboxylic acids is 2. The van der Waals surface area contributed by atoms with Crippen molar-refractivity contribution < 1.29 is 48.3 Å². The van der Waals surface area contributed by atoms with E-state index >= 15 is 0 Å². The molecular weight excluding hydrogens is 305 g/mol. The van der Waals surface area contributed by atoms with Crippen LogP contribution in [-0.4, -0.2) is 52.0 Å². The fourth-order valence-corrected chi connectivity index (χ4v) is 3.34. The Morgan fingerprint density at radius 3 is 2.04 bits per heavy atom. The summed E-state index contributed by atoms with van der Waals surface area (Å²) in [6.07, 6.45) is 6.80. The van der Waals surface area contributed by atoms with E-state index in [0.29, 0.717) is 13.0 Å². The maximum Gasteiger partial charge on any atom is 1.00 e. The Labute approximate surface area is 157 Å². The number of rotatable bonds is 14. The quantitative estimate of drug-likeness (QED) is 0.129. The van der Waals surface area contributed by atoms with E-state index in [1.54, 1.807) is 13.8 Å². The van der Waals surface area contributed by atoms with Crippen LogP contribution in [0.3, 0.4) is 0 Å². The van der Waals surface area contributed by atoms with Gasteiger partial charge in [0.15, 0.2) is 12.8 Å². The minimum absolute atomic E-state index is 0. The van der Waals surface area contributed by atoms with Gasteiger partial charge in [0.1, 0.15) is 6.04 Å². The van der Waals surface area contributed by atoms with E-state index in [1.807, 2.05) is 6.08 Å². The van der Waals surface area contributed by atoms with Gasteiger partial charge in [0, 0.05) is 12.8 Å². The molecule has 0 saturated carbocycles. The second-order valence-corrected chi connectivity index (χ2v) is 5.96. The standard InChI is InChI=1S/C17H31NO5.Li/c1-4-7-8-9-10-11-12-18(13-19,14(5-2)16(20)21)15(6-3)17(22)23;/h4,14-15,19H,1,5-13H2,2-3H3,(H-,20,21,22,23);/q;+1. The molecule has 0 aromatic heterocycles. The molecule has 3 unspecified atom stereocenters. The number of carbonyl (C=O) groups is 2. The minimum atomic E-state index is -1.30. The zero-order valence-corrected chi connectivity index (χ0v) is 15.4. The first-order valence-corrected chi connectivity index (χ1v) is 8.43. The predicted molar refractivity (Wildman–Crippen MR) is 86.3 cm³/mol. The number of aliphatic hydroxyl groups is 1. The maximum atomic E-state index is 11.6. The van der Waals surface area contributed by atoms with E-state index < -0.39 is 30.8 Å². The summed E-state index contributed by atoms with van der Waals surface area (Å²) >= 11 is 0. The van der Waals surface area contributed by atoms with E-state index in [2.05, 4.69) is 6.58 Å². The average molecular weight is 336 g/mol. The molecule has 0 heterocycles. The molecule has 134 valence electrons. The van der Waals surface area contributed by atoms with E-state index in [9.17, 15) is 24.9 Å². The molecule has 2 N–H and O–H groups in total. The number of unbranched alkanes of at least 4 members (excludes halogenated alkanes) is 4. The number of aliphatic carboxylic acids is 2. The summed E-state index contributed by atoms with van der Waals surface area (Å²) in [7, 11) is 0. The van der Waals surface area contributed by atoms with Crippen LogP contribution in [0.5, 0.6) is 0 Å². The van der Waals surface area contributed by atoms with Gasteiger partial charge in [-0.25, -0.2) is 4.79 Å². The maximum absolute atomic E-state index is 11.6. The number of carboxylic acid groups (broad SMARTS) is 2. The smallest absolute Gasteiger partial charge is 0.544 e. The Kier molecular flexibility index (Phi) is 14.3. The van der Waals surface area contributed by atoms with Gasteiger partial charge in [-0.2, -0.15) is 0 Å². The molecule has 6 nitrogen and oxygen atoms in total. The fraction of sp³-hybridized carbons (Fsp3) is 0.765. The molecule has 0 aromatic carbocycles. The first-order chi connectivity index (χ1) is 10.9. The van der Waals surface area contributed by atoms with Crippen molar-refractivity contribution in [1.29, 1.82) is 0 Å². The number of allylic oxidation sites excluding steroid dienone is 1. The van der Waals surface area contributed by atoms with E-state index in [-0.39, 0.29) is 36.2 Å². The summed E-state index contributed by atoms with van der Waals surface area (Å²) in [5.74, 6) is -2.37. The van der Waals surface area contributed by atoms with Crippen molar-refractivity contribution >= 4 is 11.9 Å². The van der Waals surface area contributed by atoms with Crippen LogP contribution in [0.25, 0.3) is 0 Å². The molecule has 24 heavy (non-hydrogen) atoms. The third-order valence-corrected chi connectivity index (χ3v) is 4.57. The summed E-state index contributed by atoms with van der Waals surface area (Å²) in [6.45, 7) is 6.86. The molecule has 0 amide bonds. The molecule has 0 aromatic rings. The van der Waals surface area contributed by atoms with Gasteiger partial charge in [-0.05, 0) is 25.7 Å². The van der Waals surface area contributed by atoms with Crippen molar-refractivity contribution in [2.45, 2.75) is 70.9 Å². The monoisotopic (exact) mass is 336 g/mol. The number of hydrogen-bond acceptors (Lipinski definition) is 4. The van der Waals surface area contributed by atoms with Gasteiger partial charge in [0.25, 0.3) is 0 Å². The van der Waals surface area contributed by atoms with Gasteiger partial charge in [0.05, 0.1) is 12.5 Å². The Balaban J connectivity index is 0. The number of aliphatic hydroxyl groups excluding tert-OH is 1. The largest absolute Gasteiger partial charge is 1.00 e. The van der Waals surface area contributed by atoms with Crippen molar-refractivity contribution in [3.05, 3.63) is 12.7 Å². The number of hydrogen-bond donors (Lipinski definition) is 2. The third kappa shape index (κ3) is 6.98. The first-order valence-electron chi connectivity index (χ1n) is 8.43. The van der Waals surface area contributed by atoms with E-state index in [1.165, 1.54) is 0 Å². The Bertz CT molecular complexity index is 367. The Morgan fingerprint density at radius 2 is 1.67 bits per heavy atom. The summed E-state index contributed by atoms with van der Waals surface area (Å²) in [5, 5.41) is 30.9. The van der Waals surface area contributed by atoms with Gasteiger partial charge in [-0.3, -0.25) is 4.48 Å². The molecular formula is C17H31LiNO5+. The van der Waals surface area contributed by atoms with Gasteiger partial charge in [-0.15, -0.1) is 6.58 Å². The molecule has 0 bridgehead atoms. The van der Waals surface area contributed by atoms with Crippen LogP contribution < -0.4 is 24.0 Å². The third-order valence-electron chi connectivity index (χ3n) is 4.57. The number of nitrogens with zero attached hydrogens (tertiary/aromatic N) is 1. The molecule has 0 spiro atoms. The van der Waals surface area contributed by atoms with E-state index in [0.717, 1.165) is 25.7 Å². The fourth-order valence-electron chi connectivity index (χ4n) is 3.34. The van der Waals surface area contributed by atoms with Crippen LogP contribution in [0, 0.1) is 0 Å². The Morgan fingerprint density at radius 1 is 1.12 bits per heavy atom. The van der Waals surface area contributed by atoms with Crippen molar-refractivity contribution in [2.24, 2.45) is 0 Å². The van der Waals surface area contributed by atoms with Crippen LogP contribution in [0.15, 0.2) is 12.7 Å². The normalized spacial score (nSPS) is 15.6. The molecule has 0 fully saturated rings. The molecule has 0 radical (unpaired) electrons. The minimum Gasteiger partial charge on any atom is -0.544 e. The summed E-state index contributed by atoms with van der Waals surface area (Å²) in [6, 6.07) is -1.97. The van der Waals surface area contributed by atoms with Crippen LogP contribution in [-0.2, 0) is 9.59 Å². The van der Waals surface area contributed by atoms with Gasteiger partial charge < -0.3 is 20.1 Å². The first kappa shape index (κ1) is 25.4. The zero-order chi connectivity index (χ0) is 17.9. The number of quaternary nitrogens is 1. The van der Waals surface area contributed by atoms with Crippen molar-refractivity contribution in [3.63, 3.8) is 0 Å². The second-order valence-electron chi connectivity index (χ2n) is 5.96. The summed E-state index contributed by atoms with van der Waals surface area (Å²) in [4.78, 5) is 23.1. The van der Waals surface area contributed by atoms with Gasteiger partial charge in [0.2, 0.25) is 0 Å². The molecule has 0 aliphatic heterocycles. The zero-order valence-electron chi connectivity index (χ0n) is 15.4. The second kappa shape index (κ2) is 13.5. The molecule has 7 heteroatoms. The van der Waals surface area contributed by atoms with Crippen LogP contribution in [0.4, 0.5) is 0 Å². The van der Waals surface area contributed by atoms with Crippen LogP contribution >= 0.6 is 0 Å². The molecule has 0 rings (SSSR count). The molecule has 0 saturated heterocycles. The van der Waals surface area contributed by atoms with E-state index in [4.69, 9.17) is 0 Å². The van der Waals surface area contributed by atoms with Crippen molar-refractivity contribution in [2.75, 3.05) is 13.3 Å². The van der Waals surface area contributed by atoms with Gasteiger partial charge in [-0.1, -0.05) is 26.3 Å². The summed E-state index contributed by atoms with van der Waals surface area (Å²) < 4.78 is -0.355. The Hall–Kier alpha value is -0.803. The molecule has 0 aliphatic rings. The predicted octanol–water partition coefficient (Wildman–Crippen LogP) is -1.71. The number of carbonyl (C=O) groups excluding carboxylic acids is 1. The average Bonchev–Trinajstić information content (AvgIpc) is 2.50. The SMILES string of the molecule is C=CCCCCCC[N+](CO)(C(CC)C(=O)[O-])C(CC)C(=O)O.[Li+]. The molecule has 0 aliphatic carbocycles. The summed E-state index contributed by atoms with van der Waals surface area (Å²) in [5.41, 5.74) is 0.